The Labute approximate surface area is 161 Å². The molecule has 8 nitrogen and oxygen atoms in total. The molecule has 2 aromatic rings. The predicted molar refractivity (Wildman–Crippen MR) is 101 cm³/mol. The number of nitrogens with one attached hydrogen (secondary N) is 2. The van der Waals surface area contributed by atoms with Crippen molar-refractivity contribution < 1.29 is 18.0 Å². The number of rotatable bonds is 5. The summed E-state index contributed by atoms with van der Waals surface area (Å²) in [4.78, 5) is 24.1. The fourth-order valence-electron chi connectivity index (χ4n) is 2.87. The van der Waals surface area contributed by atoms with Crippen molar-refractivity contribution in [2.45, 2.75) is 38.0 Å². The van der Waals surface area contributed by atoms with E-state index < -0.39 is 10.0 Å². The molecule has 1 aromatic carbocycles. The molecule has 2 heterocycles. The highest BCUT2D eigenvalue weighted by molar-refractivity contribution is 7.89. The van der Waals surface area contributed by atoms with Crippen molar-refractivity contribution in [1.29, 1.82) is 0 Å². The zero-order chi connectivity index (χ0) is 19.8. The molecule has 10 heteroatoms. The molecule has 27 heavy (non-hydrogen) atoms. The molecule has 144 valence electrons. The second-order valence-corrected chi connectivity index (χ2v) is 8.35. The number of aryl methyl sites for hydroxylation is 1. The normalized spacial score (nSPS) is 14.6. The summed E-state index contributed by atoms with van der Waals surface area (Å²) in [5.41, 5.74) is 1.47. The second-order valence-electron chi connectivity index (χ2n) is 6.21. The van der Waals surface area contributed by atoms with Gasteiger partial charge in [0.2, 0.25) is 21.8 Å². The summed E-state index contributed by atoms with van der Waals surface area (Å²) in [6, 6.07) is 4.53. The van der Waals surface area contributed by atoms with E-state index in [1.807, 2.05) is 6.92 Å². The Balaban J connectivity index is 2.15. The first-order valence-corrected chi connectivity index (χ1v) is 10.3. The maximum absolute atomic E-state index is 12.5. The van der Waals surface area contributed by atoms with Crippen molar-refractivity contribution in [3.05, 3.63) is 28.9 Å². The van der Waals surface area contributed by atoms with E-state index in [4.69, 9.17) is 11.6 Å². The highest BCUT2D eigenvalue weighted by Crippen LogP contribution is 2.36. The van der Waals surface area contributed by atoms with E-state index >= 15 is 0 Å². The first-order chi connectivity index (χ1) is 12.7. The van der Waals surface area contributed by atoms with Gasteiger partial charge in [-0.1, -0.05) is 24.6 Å². The maximum atomic E-state index is 12.5. The van der Waals surface area contributed by atoms with Crippen LogP contribution in [0.3, 0.4) is 0 Å². The van der Waals surface area contributed by atoms with Crippen molar-refractivity contribution in [2.75, 3.05) is 11.9 Å². The Morgan fingerprint density at radius 1 is 1.30 bits per heavy atom. The third kappa shape index (κ3) is 3.76. The standard InChI is InChI=1S/C17H19ClN4O4S/c1-3-8-19-27(25,26)13-9-11(4-5-12(13)18)16-10(2)21-22-15(24)7-6-14(23)20-17(16)22/h4-5,9,19H,3,6-8H2,1-2H3,(H,20,23). The van der Waals surface area contributed by atoms with Crippen LogP contribution in [0.1, 0.15) is 36.7 Å². The molecule has 0 atom stereocenters. The van der Waals surface area contributed by atoms with Crippen molar-refractivity contribution >= 4 is 39.3 Å². The number of sulfonamides is 1. The first-order valence-electron chi connectivity index (χ1n) is 8.47. The molecule has 0 bridgehead atoms. The van der Waals surface area contributed by atoms with Gasteiger partial charge in [0, 0.05) is 24.9 Å². The average Bonchev–Trinajstić information content (AvgIpc) is 2.87. The van der Waals surface area contributed by atoms with E-state index in [0.29, 0.717) is 23.2 Å². The van der Waals surface area contributed by atoms with Crippen LogP contribution in [0.5, 0.6) is 0 Å². The summed E-state index contributed by atoms with van der Waals surface area (Å²) in [5.74, 6) is -0.356. The van der Waals surface area contributed by atoms with Gasteiger partial charge in [-0.15, -0.1) is 0 Å². The smallest absolute Gasteiger partial charge is 0.249 e. The monoisotopic (exact) mass is 410 g/mol. The van der Waals surface area contributed by atoms with Gasteiger partial charge in [0.15, 0.2) is 0 Å². The third-order valence-corrected chi connectivity index (χ3v) is 6.11. The minimum Gasteiger partial charge on any atom is -0.310 e. The summed E-state index contributed by atoms with van der Waals surface area (Å²) < 4.78 is 28.7. The molecule has 3 rings (SSSR count). The number of halogens is 1. The molecule has 1 aliphatic rings. The lowest BCUT2D eigenvalue weighted by Gasteiger charge is -2.11. The Morgan fingerprint density at radius 3 is 2.74 bits per heavy atom. The number of hydrogen-bond acceptors (Lipinski definition) is 5. The van der Waals surface area contributed by atoms with Crippen LogP contribution >= 0.6 is 11.6 Å². The van der Waals surface area contributed by atoms with Gasteiger partial charge in [-0.05, 0) is 31.0 Å². The molecule has 0 fully saturated rings. The number of nitrogens with zero attached hydrogens (tertiary/aromatic N) is 2. The zero-order valence-corrected chi connectivity index (χ0v) is 16.4. The van der Waals surface area contributed by atoms with E-state index in [9.17, 15) is 18.0 Å². The van der Waals surface area contributed by atoms with E-state index in [2.05, 4.69) is 15.1 Å². The van der Waals surface area contributed by atoms with E-state index in [1.54, 1.807) is 13.0 Å². The quantitative estimate of drug-likeness (QED) is 0.787. The molecule has 0 unspecified atom stereocenters. The van der Waals surface area contributed by atoms with Gasteiger partial charge in [-0.2, -0.15) is 9.78 Å². The van der Waals surface area contributed by atoms with Crippen molar-refractivity contribution in [2.24, 2.45) is 0 Å². The second kappa shape index (κ2) is 7.41. The van der Waals surface area contributed by atoms with Crippen LogP contribution in [-0.4, -0.2) is 36.6 Å². The predicted octanol–water partition coefficient (Wildman–Crippen LogP) is 2.57. The summed E-state index contributed by atoms with van der Waals surface area (Å²) in [7, 11) is -3.79. The summed E-state index contributed by atoms with van der Waals surface area (Å²) in [6.45, 7) is 3.83. The first kappa shape index (κ1) is 19.5. The zero-order valence-electron chi connectivity index (χ0n) is 14.9. The van der Waals surface area contributed by atoms with Gasteiger partial charge < -0.3 is 5.32 Å². The van der Waals surface area contributed by atoms with Crippen LogP contribution in [0.4, 0.5) is 5.82 Å². The highest BCUT2D eigenvalue weighted by atomic mass is 35.5. The van der Waals surface area contributed by atoms with E-state index in [-0.39, 0.29) is 46.9 Å². The number of fused-ring (bicyclic) bond motifs is 1. The molecule has 1 amide bonds. The van der Waals surface area contributed by atoms with Crippen molar-refractivity contribution in [3.63, 3.8) is 0 Å². The van der Waals surface area contributed by atoms with Gasteiger partial charge in [0.25, 0.3) is 0 Å². The number of carbonyl (C=O) groups is 2. The molecular weight excluding hydrogens is 392 g/mol. The average molecular weight is 411 g/mol. The van der Waals surface area contributed by atoms with Crippen LogP contribution in [0, 0.1) is 6.92 Å². The molecule has 0 aliphatic carbocycles. The van der Waals surface area contributed by atoms with E-state index in [0.717, 1.165) is 4.68 Å². The summed E-state index contributed by atoms with van der Waals surface area (Å²) >= 11 is 6.11. The Bertz CT molecular complexity index is 1030. The van der Waals surface area contributed by atoms with Gasteiger partial charge in [0.1, 0.15) is 10.7 Å². The van der Waals surface area contributed by atoms with Gasteiger partial charge in [-0.25, -0.2) is 13.1 Å². The van der Waals surface area contributed by atoms with Gasteiger partial charge in [-0.3, -0.25) is 9.59 Å². The fraction of sp³-hybridized carbons (Fsp3) is 0.353. The lowest BCUT2D eigenvalue weighted by Crippen LogP contribution is -2.24. The van der Waals surface area contributed by atoms with Crippen LogP contribution in [0.2, 0.25) is 5.02 Å². The molecule has 1 aromatic heterocycles. The van der Waals surface area contributed by atoms with Crippen molar-refractivity contribution in [3.8, 4) is 11.1 Å². The number of aromatic nitrogens is 2. The number of anilines is 1. The van der Waals surface area contributed by atoms with Crippen molar-refractivity contribution in [1.82, 2.24) is 14.5 Å². The molecule has 0 saturated carbocycles. The number of carbonyl (C=O) groups excluding carboxylic acids is 2. The van der Waals surface area contributed by atoms with Gasteiger partial charge >= 0.3 is 0 Å². The number of amides is 1. The lowest BCUT2D eigenvalue weighted by atomic mass is 10.1. The minimum atomic E-state index is -3.79. The van der Waals surface area contributed by atoms with Crippen LogP contribution in [0.15, 0.2) is 23.1 Å². The van der Waals surface area contributed by atoms with Gasteiger partial charge in [0.05, 0.1) is 10.7 Å². The molecule has 0 radical (unpaired) electrons. The molecule has 2 N–H and O–H groups in total. The Morgan fingerprint density at radius 2 is 2.04 bits per heavy atom. The highest BCUT2D eigenvalue weighted by Gasteiger charge is 2.27. The minimum absolute atomic E-state index is 0.0561. The third-order valence-electron chi connectivity index (χ3n) is 4.17. The molecular formula is C17H19ClN4O4S. The number of benzene rings is 1. The number of hydrogen-bond donors (Lipinski definition) is 2. The summed E-state index contributed by atoms with van der Waals surface area (Å²) in [6.07, 6.45) is 0.767. The van der Waals surface area contributed by atoms with Crippen LogP contribution < -0.4 is 10.0 Å². The maximum Gasteiger partial charge on any atom is 0.249 e. The Hall–Kier alpha value is -2.23. The largest absolute Gasteiger partial charge is 0.310 e. The molecule has 0 saturated heterocycles. The topological polar surface area (TPSA) is 110 Å². The summed E-state index contributed by atoms with van der Waals surface area (Å²) in [5, 5.41) is 6.99. The molecule has 0 spiro atoms. The Kier molecular flexibility index (Phi) is 5.36. The van der Waals surface area contributed by atoms with E-state index in [1.165, 1.54) is 12.1 Å². The lowest BCUT2D eigenvalue weighted by molar-refractivity contribution is -0.116. The fourth-order valence-corrected chi connectivity index (χ4v) is 4.53. The SMILES string of the molecule is CCCNS(=O)(=O)c1cc(-c2c(C)nn3c2NC(=O)CCC3=O)ccc1Cl. The molecule has 1 aliphatic heterocycles. The van der Waals surface area contributed by atoms with Crippen LogP contribution in [0.25, 0.3) is 11.1 Å². The van der Waals surface area contributed by atoms with Crippen LogP contribution in [-0.2, 0) is 14.8 Å².